The summed E-state index contributed by atoms with van der Waals surface area (Å²) in [6.45, 7) is 9.04. The summed E-state index contributed by atoms with van der Waals surface area (Å²) in [7, 11) is 0. The molecule has 0 spiro atoms. The van der Waals surface area contributed by atoms with Crippen molar-refractivity contribution in [3.8, 4) is 0 Å². The van der Waals surface area contributed by atoms with Crippen molar-refractivity contribution < 1.29 is 5.21 Å². The highest BCUT2D eigenvalue weighted by molar-refractivity contribution is 14.1. The first-order valence-corrected chi connectivity index (χ1v) is 7.40. The lowest BCUT2D eigenvalue weighted by Crippen LogP contribution is -2.59. The van der Waals surface area contributed by atoms with Gasteiger partial charge in [0.2, 0.25) is 0 Å². The third-order valence-corrected chi connectivity index (χ3v) is 5.08. The fraction of sp³-hybridized carbons (Fsp3) is 0.692. The van der Waals surface area contributed by atoms with Gasteiger partial charge < -0.3 is 15.8 Å². The van der Waals surface area contributed by atoms with Gasteiger partial charge in [-0.15, -0.1) is 0 Å². The van der Waals surface area contributed by atoms with Crippen molar-refractivity contribution in [1.29, 1.82) is 0 Å². The Balaban J connectivity index is 2.54. The summed E-state index contributed by atoms with van der Waals surface area (Å²) >= 11 is 2.21. The average molecular weight is 363 g/mol. The maximum absolute atomic E-state index is 9.75. The zero-order chi connectivity index (χ0) is 13.7. The first-order valence-electron chi connectivity index (χ1n) is 6.33. The Morgan fingerprint density at radius 2 is 1.72 bits per heavy atom. The molecule has 3 N–H and O–H groups in total. The molecule has 0 aromatic carbocycles. The first-order chi connectivity index (χ1) is 8.17. The number of hydrogen-bond acceptors (Lipinski definition) is 3. The van der Waals surface area contributed by atoms with E-state index in [4.69, 9.17) is 5.73 Å². The van der Waals surface area contributed by atoms with Gasteiger partial charge in [0.1, 0.15) is 0 Å². The van der Waals surface area contributed by atoms with Crippen LogP contribution in [0.5, 0.6) is 0 Å². The van der Waals surface area contributed by atoms with E-state index in [0.717, 1.165) is 26.8 Å². The molecule has 0 atom stereocenters. The molecule has 1 aliphatic rings. The SMILES string of the molecule is CC1(C)CCCC(C)(C)N1c1cn(O)c(N)c1I. The number of rotatable bonds is 1. The number of nitrogens with two attached hydrogens (primary N) is 1. The molecule has 1 aromatic rings. The van der Waals surface area contributed by atoms with Crippen molar-refractivity contribution >= 4 is 34.1 Å². The monoisotopic (exact) mass is 363 g/mol. The number of hydrogen-bond donors (Lipinski definition) is 2. The van der Waals surface area contributed by atoms with E-state index >= 15 is 0 Å². The second-order valence-corrected chi connectivity index (χ2v) is 7.45. The van der Waals surface area contributed by atoms with Gasteiger partial charge in [0.25, 0.3) is 0 Å². The summed E-state index contributed by atoms with van der Waals surface area (Å²) in [4.78, 5) is 2.41. The van der Waals surface area contributed by atoms with Crippen molar-refractivity contribution in [3.63, 3.8) is 0 Å². The lowest BCUT2D eigenvalue weighted by atomic mass is 9.79. The van der Waals surface area contributed by atoms with Gasteiger partial charge in [0.15, 0.2) is 5.82 Å². The molecule has 0 aliphatic carbocycles. The molecular formula is C13H22IN3O. The molecule has 1 aliphatic heterocycles. The minimum absolute atomic E-state index is 0.0788. The van der Waals surface area contributed by atoms with Crippen LogP contribution in [0.15, 0.2) is 6.20 Å². The highest BCUT2D eigenvalue weighted by Crippen LogP contribution is 2.44. The summed E-state index contributed by atoms with van der Waals surface area (Å²) in [6.07, 6.45) is 5.28. The first kappa shape index (κ1) is 13.8. The molecule has 2 rings (SSSR count). The summed E-state index contributed by atoms with van der Waals surface area (Å²) in [5.41, 5.74) is 7.06. The summed E-state index contributed by atoms with van der Waals surface area (Å²) in [6, 6.07) is 0. The van der Waals surface area contributed by atoms with E-state index in [9.17, 15) is 5.21 Å². The van der Waals surface area contributed by atoms with E-state index in [1.54, 1.807) is 6.20 Å². The van der Waals surface area contributed by atoms with Crippen molar-refractivity contribution in [2.24, 2.45) is 0 Å². The molecule has 0 amide bonds. The van der Waals surface area contributed by atoms with Crippen LogP contribution in [0.4, 0.5) is 11.5 Å². The molecule has 18 heavy (non-hydrogen) atoms. The van der Waals surface area contributed by atoms with E-state index < -0.39 is 0 Å². The summed E-state index contributed by atoms with van der Waals surface area (Å²) in [5, 5.41) is 9.75. The van der Waals surface area contributed by atoms with Gasteiger partial charge in [0, 0.05) is 11.1 Å². The quantitative estimate of drug-likeness (QED) is 0.594. The van der Waals surface area contributed by atoms with Crippen LogP contribution in [0.2, 0.25) is 0 Å². The molecule has 4 nitrogen and oxygen atoms in total. The van der Waals surface area contributed by atoms with Crippen LogP contribution in [0.25, 0.3) is 0 Å². The van der Waals surface area contributed by atoms with Gasteiger partial charge in [-0.3, -0.25) is 0 Å². The van der Waals surface area contributed by atoms with Crippen LogP contribution >= 0.6 is 22.6 Å². The average Bonchev–Trinajstić information content (AvgIpc) is 2.44. The highest BCUT2D eigenvalue weighted by Gasteiger charge is 2.42. The van der Waals surface area contributed by atoms with E-state index in [1.807, 2.05) is 0 Å². The van der Waals surface area contributed by atoms with Gasteiger partial charge in [0.05, 0.1) is 15.5 Å². The Morgan fingerprint density at radius 3 is 2.11 bits per heavy atom. The fourth-order valence-corrected chi connectivity index (χ4v) is 3.91. The third kappa shape index (κ3) is 2.06. The maximum atomic E-state index is 9.75. The van der Waals surface area contributed by atoms with Gasteiger partial charge in [-0.05, 0) is 69.5 Å². The second-order valence-electron chi connectivity index (χ2n) is 6.37. The standard InChI is InChI=1S/C13H22IN3O/c1-12(2)6-5-7-13(3,4)17(12)9-8-16(18)11(15)10(9)14/h8,18H,5-7,15H2,1-4H3. The molecule has 0 saturated carbocycles. The van der Waals surface area contributed by atoms with Crippen molar-refractivity contribution in [2.45, 2.75) is 58.0 Å². The molecule has 0 unspecified atom stereocenters. The minimum atomic E-state index is 0.0788. The zero-order valence-electron chi connectivity index (χ0n) is 11.5. The Labute approximate surface area is 122 Å². The number of nitrogens with zero attached hydrogens (tertiary/aromatic N) is 2. The van der Waals surface area contributed by atoms with Crippen molar-refractivity contribution in [2.75, 3.05) is 10.6 Å². The van der Waals surface area contributed by atoms with Crippen molar-refractivity contribution in [3.05, 3.63) is 9.77 Å². The summed E-state index contributed by atoms with van der Waals surface area (Å²) < 4.78 is 1.95. The Kier molecular flexibility index (Phi) is 3.24. The molecular weight excluding hydrogens is 341 g/mol. The lowest BCUT2D eigenvalue weighted by molar-refractivity contribution is 0.192. The molecule has 1 aromatic heterocycles. The number of anilines is 2. The molecule has 1 saturated heterocycles. The highest BCUT2D eigenvalue weighted by atomic mass is 127. The normalized spacial score (nSPS) is 22.2. The predicted octanol–water partition coefficient (Wildman–Crippen LogP) is 3.46. The van der Waals surface area contributed by atoms with E-state index in [0.29, 0.717) is 5.82 Å². The molecule has 0 bridgehead atoms. The summed E-state index contributed by atoms with van der Waals surface area (Å²) in [5.74, 6) is 0.419. The van der Waals surface area contributed by atoms with Crippen LogP contribution in [0, 0.1) is 3.57 Å². The van der Waals surface area contributed by atoms with E-state index in [2.05, 4.69) is 55.2 Å². The third-order valence-electron chi connectivity index (χ3n) is 3.97. The van der Waals surface area contributed by atoms with Crippen LogP contribution in [-0.2, 0) is 0 Å². The van der Waals surface area contributed by atoms with Crippen LogP contribution < -0.4 is 10.6 Å². The maximum Gasteiger partial charge on any atom is 0.155 e. The number of nitrogen functional groups attached to an aromatic ring is 1. The van der Waals surface area contributed by atoms with E-state index in [-0.39, 0.29) is 11.1 Å². The van der Waals surface area contributed by atoms with Gasteiger partial charge in [-0.1, -0.05) is 0 Å². The van der Waals surface area contributed by atoms with Crippen LogP contribution in [0.1, 0.15) is 47.0 Å². The Bertz CT molecular complexity index is 449. The Morgan fingerprint density at radius 1 is 1.22 bits per heavy atom. The molecule has 5 heteroatoms. The van der Waals surface area contributed by atoms with Gasteiger partial charge >= 0.3 is 0 Å². The minimum Gasteiger partial charge on any atom is -0.427 e. The topological polar surface area (TPSA) is 54.4 Å². The lowest BCUT2D eigenvalue weighted by Gasteiger charge is -2.54. The molecule has 1 fully saturated rings. The number of piperidine rings is 1. The van der Waals surface area contributed by atoms with Crippen LogP contribution in [0.3, 0.4) is 0 Å². The Hall–Kier alpha value is -0.590. The zero-order valence-corrected chi connectivity index (χ0v) is 13.7. The molecule has 2 heterocycles. The second kappa shape index (κ2) is 4.21. The fourth-order valence-electron chi connectivity index (χ4n) is 3.28. The number of halogens is 1. The van der Waals surface area contributed by atoms with Crippen molar-refractivity contribution in [1.82, 2.24) is 4.73 Å². The van der Waals surface area contributed by atoms with Crippen LogP contribution in [-0.4, -0.2) is 21.0 Å². The number of aromatic nitrogens is 1. The largest absolute Gasteiger partial charge is 0.427 e. The van der Waals surface area contributed by atoms with Gasteiger partial charge in [-0.2, -0.15) is 4.73 Å². The molecule has 0 radical (unpaired) electrons. The van der Waals surface area contributed by atoms with E-state index in [1.165, 1.54) is 6.42 Å². The van der Waals surface area contributed by atoms with Gasteiger partial charge in [-0.25, -0.2) is 0 Å². The molecule has 102 valence electrons. The predicted molar refractivity (Wildman–Crippen MR) is 83.2 cm³/mol. The smallest absolute Gasteiger partial charge is 0.155 e.